The lowest BCUT2D eigenvalue weighted by Gasteiger charge is -2.08. The molecular weight excluding hydrogens is 262 g/mol. The molecule has 0 N–H and O–H groups in total. The lowest BCUT2D eigenvalue weighted by Crippen LogP contribution is -1.89. The molecule has 2 aromatic carbocycles. The monoisotopic (exact) mass is 273 g/mol. The molecule has 0 aliphatic rings. The number of rotatable bonds is 3. The Morgan fingerprint density at radius 1 is 1.17 bits per heavy atom. The summed E-state index contributed by atoms with van der Waals surface area (Å²) < 4.78 is 0. The van der Waals surface area contributed by atoms with Crippen LogP contribution in [0.3, 0.4) is 0 Å². The van der Waals surface area contributed by atoms with Gasteiger partial charge < -0.3 is 0 Å². The van der Waals surface area contributed by atoms with Crippen molar-refractivity contribution >= 4 is 23.4 Å². The molecule has 0 heterocycles. The summed E-state index contributed by atoms with van der Waals surface area (Å²) >= 11 is 7.53. The molecule has 0 fully saturated rings. The maximum absolute atomic E-state index is 7.35. The van der Waals surface area contributed by atoms with Crippen molar-refractivity contribution in [2.24, 2.45) is 0 Å². The zero-order chi connectivity index (χ0) is 13.0. The molecular formula is C15H12ClNS. The van der Waals surface area contributed by atoms with Gasteiger partial charge in [0.2, 0.25) is 0 Å². The maximum atomic E-state index is 7.35. The van der Waals surface area contributed by atoms with Crippen LogP contribution in [0, 0.1) is 13.5 Å². The Labute approximate surface area is 117 Å². The fourth-order valence-electron chi connectivity index (χ4n) is 1.64. The normalized spacial score (nSPS) is 11.8. The van der Waals surface area contributed by atoms with Crippen LogP contribution in [-0.4, -0.2) is 0 Å². The summed E-state index contributed by atoms with van der Waals surface area (Å²) in [6, 6.07) is 15.6. The van der Waals surface area contributed by atoms with Gasteiger partial charge in [-0.1, -0.05) is 41.9 Å². The van der Waals surface area contributed by atoms with Gasteiger partial charge in [-0.05, 0) is 42.4 Å². The highest BCUT2D eigenvalue weighted by molar-refractivity contribution is 7.99. The molecule has 0 saturated carbocycles. The van der Waals surface area contributed by atoms with E-state index in [1.807, 2.05) is 42.5 Å². The molecule has 1 unspecified atom stereocenters. The van der Waals surface area contributed by atoms with Gasteiger partial charge >= 0.3 is 0 Å². The lowest BCUT2D eigenvalue weighted by atomic mass is 10.2. The molecule has 0 saturated heterocycles. The third-order valence-electron chi connectivity index (χ3n) is 2.58. The molecule has 0 aliphatic heterocycles. The summed E-state index contributed by atoms with van der Waals surface area (Å²) in [6.45, 7) is 9.41. The zero-order valence-corrected chi connectivity index (χ0v) is 11.5. The first-order valence-corrected chi connectivity index (χ1v) is 6.81. The molecule has 0 spiro atoms. The fourth-order valence-corrected chi connectivity index (χ4v) is 2.82. The Morgan fingerprint density at radius 3 is 2.61 bits per heavy atom. The number of benzene rings is 2. The minimum atomic E-state index is -0.246. The second kappa shape index (κ2) is 5.95. The number of aryl methyl sites for hydroxylation is 1. The van der Waals surface area contributed by atoms with Gasteiger partial charge in [0.05, 0.1) is 0 Å². The molecule has 0 radical (unpaired) electrons. The van der Waals surface area contributed by atoms with Crippen LogP contribution < -0.4 is 0 Å². The average Bonchev–Trinajstić information content (AvgIpc) is 2.38. The molecule has 1 atom stereocenters. The third-order valence-corrected chi connectivity index (χ3v) is 4.13. The summed E-state index contributed by atoms with van der Waals surface area (Å²) in [6.07, 6.45) is 0. The fraction of sp³-hybridized carbons (Fsp3) is 0.133. The van der Waals surface area contributed by atoms with Gasteiger partial charge in [-0.25, -0.2) is 6.57 Å². The standard InChI is InChI=1S/C15H12ClNS/c1-11-6-3-4-9-14(11)18-15(17-2)12-7-5-8-13(16)10-12/h3-10,15H,1H3. The van der Waals surface area contributed by atoms with Crippen LogP contribution >= 0.6 is 23.4 Å². The van der Waals surface area contributed by atoms with Gasteiger partial charge in [-0.15, -0.1) is 0 Å². The van der Waals surface area contributed by atoms with Crippen LogP contribution in [0.4, 0.5) is 0 Å². The average molecular weight is 274 g/mol. The second-order valence-corrected chi connectivity index (χ2v) is 5.48. The van der Waals surface area contributed by atoms with Crippen molar-refractivity contribution in [3.8, 4) is 0 Å². The molecule has 0 amide bonds. The molecule has 3 heteroatoms. The minimum absolute atomic E-state index is 0.246. The lowest BCUT2D eigenvalue weighted by molar-refractivity contribution is 1.20. The third kappa shape index (κ3) is 3.07. The van der Waals surface area contributed by atoms with Crippen molar-refractivity contribution in [3.63, 3.8) is 0 Å². The Balaban J connectivity index is 2.26. The van der Waals surface area contributed by atoms with E-state index >= 15 is 0 Å². The molecule has 18 heavy (non-hydrogen) atoms. The van der Waals surface area contributed by atoms with Crippen LogP contribution in [-0.2, 0) is 0 Å². The molecule has 90 valence electrons. The molecule has 0 aromatic heterocycles. The van der Waals surface area contributed by atoms with Crippen molar-refractivity contribution < 1.29 is 0 Å². The second-order valence-electron chi connectivity index (χ2n) is 3.92. The maximum Gasteiger partial charge on any atom is 0.298 e. The number of hydrogen-bond acceptors (Lipinski definition) is 1. The van der Waals surface area contributed by atoms with Crippen LogP contribution in [0.25, 0.3) is 4.85 Å². The Kier molecular flexibility index (Phi) is 4.30. The van der Waals surface area contributed by atoms with Gasteiger partial charge in [-0.3, -0.25) is 4.85 Å². The van der Waals surface area contributed by atoms with Crippen molar-refractivity contribution in [2.45, 2.75) is 17.2 Å². The quantitative estimate of drug-likeness (QED) is 0.538. The van der Waals surface area contributed by atoms with Crippen LogP contribution in [0.1, 0.15) is 16.5 Å². The summed E-state index contributed by atoms with van der Waals surface area (Å²) in [7, 11) is 0. The summed E-state index contributed by atoms with van der Waals surface area (Å²) in [5.74, 6) is 0. The largest absolute Gasteiger partial charge is 0.298 e. The van der Waals surface area contributed by atoms with E-state index in [1.165, 1.54) is 5.56 Å². The summed E-state index contributed by atoms with van der Waals surface area (Å²) in [5, 5.41) is 0.427. The minimum Gasteiger partial charge on any atom is -0.296 e. The van der Waals surface area contributed by atoms with Crippen LogP contribution in [0.15, 0.2) is 53.4 Å². The van der Waals surface area contributed by atoms with Gasteiger partial charge in [0.25, 0.3) is 5.37 Å². The molecule has 2 aromatic rings. The molecule has 0 bridgehead atoms. The van der Waals surface area contributed by atoms with Gasteiger partial charge in [-0.2, -0.15) is 0 Å². The summed E-state index contributed by atoms with van der Waals surface area (Å²) in [4.78, 5) is 4.83. The van der Waals surface area contributed by atoms with E-state index in [9.17, 15) is 0 Å². The van der Waals surface area contributed by atoms with E-state index in [-0.39, 0.29) is 5.37 Å². The van der Waals surface area contributed by atoms with E-state index in [1.54, 1.807) is 11.8 Å². The van der Waals surface area contributed by atoms with E-state index in [2.05, 4.69) is 17.8 Å². The summed E-state index contributed by atoms with van der Waals surface area (Å²) in [5.41, 5.74) is 2.14. The van der Waals surface area contributed by atoms with Crippen molar-refractivity contribution in [1.29, 1.82) is 0 Å². The van der Waals surface area contributed by atoms with Crippen LogP contribution in [0.2, 0.25) is 5.02 Å². The molecule has 1 nitrogen and oxygen atoms in total. The number of nitrogens with zero attached hydrogens (tertiary/aromatic N) is 1. The first-order valence-electron chi connectivity index (χ1n) is 5.55. The predicted molar refractivity (Wildman–Crippen MR) is 77.8 cm³/mol. The van der Waals surface area contributed by atoms with Gasteiger partial charge in [0, 0.05) is 15.5 Å². The van der Waals surface area contributed by atoms with E-state index in [4.69, 9.17) is 18.2 Å². The Morgan fingerprint density at radius 2 is 1.94 bits per heavy atom. The Bertz CT molecular complexity index is 589. The highest BCUT2D eigenvalue weighted by atomic mass is 35.5. The number of hydrogen-bond donors (Lipinski definition) is 0. The molecule has 0 aliphatic carbocycles. The van der Waals surface area contributed by atoms with Gasteiger partial charge in [0.15, 0.2) is 0 Å². The van der Waals surface area contributed by atoms with E-state index in [0.29, 0.717) is 5.02 Å². The smallest absolute Gasteiger partial charge is 0.296 e. The number of thioether (sulfide) groups is 1. The molecule has 2 rings (SSSR count). The van der Waals surface area contributed by atoms with E-state index < -0.39 is 0 Å². The zero-order valence-electron chi connectivity index (χ0n) is 9.93. The topological polar surface area (TPSA) is 4.36 Å². The van der Waals surface area contributed by atoms with E-state index in [0.717, 1.165) is 10.5 Å². The van der Waals surface area contributed by atoms with Crippen LogP contribution in [0.5, 0.6) is 0 Å². The van der Waals surface area contributed by atoms with Gasteiger partial charge in [0.1, 0.15) is 0 Å². The van der Waals surface area contributed by atoms with Crippen molar-refractivity contribution in [1.82, 2.24) is 0 Å². The number of halogens is 1. The highest BCUT2D eigenvalue weighted by Crippen LogP contribution is 2.38. The van der Waals surface area contributed by atoms with Crippen molar-refractivity contribution in [3.05, 3.63) is 76.1 Å². The first kappa shape index (κ1) is 13.0. The SMILES string of the molecule is [C-]#[N+]C(Sc1ccccc1C)c1cccc(Cl)c1. The van der Waals surface area contributed by atoms with Crippen molar-refractivity contribution in [2.75, 3.05) is 0 Å². The predicted octanol–water partition coefficient (Wildman–Crippen LogP) is 5.36. The highest BCUT2D eigenvalue weighted by Gasteiger charge is 2.18. The Hall–Kier alpha value is -1.43. The first-order chi connectivity index (χ1) is 8.70.